The van der Waals surface area contributed by atoms with Gasteiger partial charge in [0.25, 0.3) is 5.91 Å². The lowest BCUT2D eigenvalue weighted by Crippen LogP contribution is -2.20. The number of halogens is 4. The summed E-state index contributed by atoms with van der Waals surface area (Å²) < 4.78 is 25.3. The second kappa shape index (κ2) is 11.1. The molecule has 5 nitrogen and oxygen atoms in total. The highest BCUT2D eigenvalue weighted by molar-refractivity contribution is 14.1. The average Bonchev–Trinajstić information content (AvgIpc) is 2.76. The van der Waals surface area contributed by atoms with Gasteiger partial charge in [-0.3, -0.25) is 4.79 Å². The molecular formula is C23H20Cl2FIN2O3. The fourth-order valence-electron chi connectivity index (χ4n) is 2.83. The molecule has 0 atom stereocenters. The van der Waals surface area contributed by atoms with Crippen molar-refractivity contribution in [2.75, 3.05) is 24.4 Å². The van der Waals surface area contributed by atoms with Crippen molar-refractivity contribution < 1.29 is 18.7 Å². The van der Waals surface area contributed by atoms with E-state index in [1.807, 2.05) is 25.1 Å². The minimum Gasteiger partial charge on any atom is -0.493 e. The van der Waals surface area contributed by atoms with Crippen LogP contribution in [0.5, 0.6) is 11.5 Å². The number of methoxy groups -OCH3 is 1. The summed E-state index contributed by atoms with van der Waals surface area (Å²) in [6, 6.07) is 13.5. The molecule has 0 saturated heterocycles. The molecule has 0 aliphatic carbocycles. The number of amides is 1. The molecule has 0 saturated carbocycles. The summed E-state index contributed by atoms with van der Waals surface area (Å²) in [7, 11) is 1.53. The number of nitrogens with one attached hydrogen (secondary N) is 2. The largest absolute Gasteiger partial charge is 0.493 e. The lowest BCUT2D eigenvalue weighted by molar-refractivity contribution is -0.118. The monoisotopic (exact) mass is 588 g/mol. The van der Waals surface area contributed by atoms with Crippen LogP contribution in [0, 0.1) is 16.3 Å². The Labute approximate surface area is 209 Å². The number of aryl methyl sites for hydroxylation is 1. The highest BCUT2D eigenvalue weighted by Crippen LogP contribution is 2.34. The fourth-order valence-corrected chi connectivity index (χ4v) is 4.01. The summed E-state index contributed by atoms with van der Waals surface area (Å²) in [4.78, 5) is 12.3. The van der Waals surface area contributed by atoms with Gasteiger partial charge in [-0.05, 0) is 83.1 Å². The normalized spacial score (nSPS) is 10.6. The van der Waals surface area contributed by atoms with Crippen LogP contribution in [0.4, 0.5) is 15.8 Å². The van der Waals surface area contributed by atoms with Crippen molar-refractivity contribution in [3.05, 3.63) is 79.1 Å². The lowest BCUT2D eigenvalue weighted by Gasteiger charge is -2.15. The molecule has 0 aliphatic rings. The van der Waals surface area contributed by atoms with Gasteiger partial charge in [0.2, 0.25) is 0 Å². The molecule has 0 fully saturated rings. The minimum absolute atomic E-state index is 0.0529. The number of ether oxygens (including phenoxy) is 2. The van der Waals surface area contributed by atoms with E-state index in [0.717, 1.165) is 14.7 Å². The molecule has 9 heteroatoms. The van der Waals surface area contributed by atoms with E-state index >= 15 is 0 Å². The van der Waals surface area contributed by atoms with Crippen LogP contribution < -0.4 is 20.1 Å². The minimum atomic E-state index is -0.468. The Balaban J connectivity index is 1.64. The smallest absolute Gasteiger partial charge is 0.262 e. The van der Waals surface area contributed by atoms with Crippen LogP contribution in [-0.2, 0) is 11.3 Å². The molecule has 0 bridgehead atoms. The highest BCUT2D eigenvalue weighted by atomic mass is 127. The summed E-state index contributed by atoms with van der Waals surface area (Å²) >= 11 is 14.0. The Morgan fingerprint density at radius 1 is 1.06 bits per heavy atom. The molecule has 1 amide bonds. The van der Waals surface area contributed by atoms with Crippen LogP contribution in [-0.4, -0.2) is 19.6 Å². The molecule has 0 spiro atoms. The number of rotatable bonds is 8. The number of hydrogen-bond donors (Lipinski definition) is 2. The van der Waals surface area contributed by atoms with Crippen molar-refractivity contribution in [2.45, 2.75) is 13.5 Å². The Hall–Kier alpha value is -2.23. The second-order valence-electron chi connectivity index (χ2n) is 6.89. The Morgan fingerprint density at radius 2 is 1.78 bits per heavy atom. The Bertz CT molecular complexity index is 1140. The third-order valence-corrected chi connectivity index (χ3v) is 6.01. The molecular weight excluding hydrogens is 569 g/mol. The van der Waals surface area contributed by atoms with Crippen LogP contribution in [0.2, 0.25) is 10.0 Å². The van der Waals surface area contributed by atoms with Crippen molar-refractivity contribution in [1.29, 1.82) is 0 Å². The number of anilines is 2. The Kier molecular flexibility index (Phi) is 8.44. The van der Waals surface area contributed by atoms with Gasteiger partial charge in [-0.15, -0.1) is 0 Å². The van der Waals surface area contributed by atoms with Crippen molar-refractivity contribution in [2.24, 2.45) is 0 Å². The van der Waals surface area contributed by atoms with E-state index < -0.39 is 5.82 Å². The maximum Gasteiger partial charge on any atom is 0.262 e. The van der Waals surface area contributed by atoms with E-state index in [9.17, 15) is 9.18 Å². The van der Waals surface area contributed by atoms with Crippen LogP contribution in [0.25, 0.3) is 0 Å². The average molecular weight is 589 g/mol. The first-order valence-electron chi connectivity index (χ1n) is 9.51. The van der Waals surface area contributed by atoms with Crippen molar-refractivity contribution >= 4 is 63.1 Å². The van der Waals surface area contributed by atoms with Crippen molar-refractivity contribution in [3.8, 4) is 11.5 Å². The highest BCUT2D eigenvalue weighted by Gasteiger charge is 2.14. The SMILES string of the molecule is COc1cc(CNc2ccc(F)c(Cl)c2)cc(I)c1OCC(=O)Nc1ccc(C)c(Cl)c1. The maximum atomic E-state index is 13.3. The first-order valence-corrected chi connectivity index (χ1v) is 11.3. The molecule has 32 heavy (non-hydrogen) atoms. The summed E-state index contributed by atoms with van der Waals surface area (Å²) in [5.74, 6) is 0.182. The van der Waals surface area contributed by atoms with Crippen LogP contribution in [0.1, 0.15) is 11.1 Å². The standard InChI is InChI=1S/C23H20Cl2FIN2O3/c1-13-3-4-16(10-17(13)24)29-22(30)12-32-23-20(27)7-14(8-21(23)31-2)11-28-15-5-6-19(26)18(25)9-15/h3-10,28H,11-12H2,1-2H3,(H,29,30). The van der Waals surface area contributed by atoms with Gasteiger partial charge in [-0.2, -0.15) is 0 Å². The molecule has 3 aromatic rings. The van der Waals surface area contributed by atoms with Gasteiger partial charge < -0.3 is 20.1 Å². The van der Waals surface area contributed by atoms with E-state index in [1.54, 1.807) is 18.2 Å². The van der Waals surface area contributed by atoms with Crippen molar-refractivity contribution in [3.63, 3.8) is 0 Å². The number of carbonyl (C=O) groups is 1. The van der Waals surface area contributed by atoms with Gasteiger partial charge in [-0.1, -0.05) is 29.3 Å². The van der Waals surface area contributed by atoms with E-state index in [1.165, 1.54) is 19.2 Å². The molecule has 3 rings (SSSR count). The fraction of sp³-hybridized carbons (Fsp3) is 0.174. The topological polar surface area (TPSA) is 59.6 Å². The van der Waals surface area contributed by atoms with E-state index in [0.29, 0.717) is 34.4 Å². The second-order valence-corrected chi connectivity index (χ2v) is 8.87. The molecule has 2 N–H and O–H groups in total. The number of carbonyl (C=O) groups excluding carboxylic acids is 1. The molecule has 3 aromatic carbocycles. The summed E-state index contributed by atoms with van der Waals surface area (Å²) in [6.45, 7) is 2.16. The van der Waals surface area contributed by atoms with Crippen LogP contribution >= 0.6 is 45.8 Å². The molecule has 0 aromatic heterocycles. The molecule has 0 aliphatic heterocycles. The zero-order valence-corrected chi connectivity index (χ0v) is 20.9. The van der Waals surface area contributed by atoms with Gasteiger partial charge in [0.15, 0.2) is 18.1 Å². The van der Waals surface area contributed by atoms with E-state index in [-0.39, 0.29) is 17.5 Å². The number of hydrogen-bond acceptors (Lipinski definition) is 4. The van der Waals surface area contributed by atoms with Gasteiger partial charge in [0.1, 0.15) is 5.82 Å². The molecule has 0 unspecified atom stereocenters. The van der Waals surface area contributed by atoms with Gasteiger partial charge in [0.05, 0.1) is 15.7 Å². The van der Waals surface area contributed by atoms with Crippen LogP contribution in [0.3, 0.4) is 0 Å². The Morgan fingerprint density at radius 3 is 2.47 bits per heavy atom. The van der Waals surface area contributed by atoms with Crippen molar-refractivity contribution in [1.82, 2.24) is 0 Å². The molecule has 168 valence electrons. The zero-order chi connectivity index (χ0) is 23.3. The van der Waals surface area contributed by atoms with Crippen LogP contribution in [0.15, 0.2) is 48.5 Å². The quantitative estimate of drug-likeness (QED) is 0.288. The van der Waals surface area contributed by atoms with Gasteiger partial charge >= 0.3 is 0 Å². The summed E-state index contributed by atoms with van der Waals surface area (Å²) in [5.41, 5.74) is 3.13. The predicted molar refractivity (Wildman–Crippen MR) is 135 cm³/mol. The zero-order valence-electron chi connectivity index (χ0n) is 17.3. The summed E-state index contributed by atoms with van der Waals surface area (Å²) in [6.07, 6.45) is 0. The third-order valence-electron chi connectivity index (χ3n) is 4.51. The molecule has 0 radical (unpaired) electrons. The third kappa shape index (κ3) is 6.40. The molecule has 0 heterocycles. The maximum absolute atomic E-state index is 13.3. The number of benzene rings is 3. The van der Waals surface area contributed by atoms with Gasteiger partial charge in [0, 0.05) is 22.9 Å². The van der Waals surface area contributed by atoms with E-state index in [4.69, 9.17) is 32.7 Å². The summed E-state index contributed by atoms with van der Waals surface area (Å²) in [5, 5.41) is 6.57. The first-order chi connectivity index (χ1) is 15.3. The predicted octanol–water partition coefficient (Wildman–Crippen LogP) is 6.68. The van der Waals surface area contributed by atoms with E-state index in [2.05, 4.69) is 33.2 Å². The van der Waals surface area contributed by atoms with Gasteiger partial charge in [-0.25, -0.2) is 4.39 Å². The lowest BCUT2D eigenvalue weighted by atomic mass is 10.2. The first kappa shape index (κ1) is 24.4.